The van der Waals surface area contributed by atoms with Gasteiger partial charge in [-0.05, 0) is 38.5 Å². The molecule has 0 atom stereocenters. The molecule has 1 aliphatic rings. The van der Waals surface area contributed by atoms with Gasteiger partial charge in [0.05, 0.1) is 16.7 Å². The van der Waals surface area contributed by atoms with Crippen LogP contribution < -0.4 is 10.3 Å². The number of rotatable bonds is 7. The Morgan fingerprint density at radius 3 is 2.43 bits per heavy atom. The molecule has 2 rings (SSSR count). The maximum absolute atomic E-state index is 12.0. The first-order valence-electron chi connectivity index (χ1n) is 8.01. The average molecular weight is 352 g/mol. The normalized spacial score (nSPS) is 16.7. The summed E-state index contributed by atoms with van der Waals surface area (Å²) in [7, 11) is 0. The molecular weight excluding hydrogens is 326 g/mol. The van der Waals surface area contributed by atoms with E-state index in [2.05, 4.69) is 48.3 Å². The number of anilines is 1. The number of amides is 1. The van der Waals surface area contributed by atoms with Gasteiger partial charge in [0, 0.05) is 30.3 Å². The predicted octanol–water partition coefficient (Wildman–Crippen LogP) is 3.57. The lowest BCUT2D eigenvalue weighted by Gasteiger charge is -2.20. The Morgan fingerprint density at radius 1 is 1.26 bits per heavy atom. The zero-order chi connectivity index (χ0) is 16.7. The van der Waals surface area contributed by atoms with Gasteiger partial charge in [-0.2, -0.15) is 5.10 Å². The first-order valence-corrected chi connectivity index (χ1v) is 9.98. The molecule has 1 amide bonds. The second-order valence-electron chi connectivity index (χ2n) is 5.56. The fourth-order valence-corrected chi connectivity index (χ4v) is 5.36. The second-order valence-corrected chi connectivity index (χ2v) is 9.02. The Bertz CT molecular complexity index is 535. The Kier molecular flexibility index (Phi) is 6.84. The minimum atomic E-state index is -0.0228. The highest BCUT2D eigenvalue weighted by atomic mass is 32.2. The number of carbonyl (C=O) groups is 1. The quantitative estimate of drug-likeness (QED) is 0.602. The van der Waals surface area contributed by atoms with Crippen molar-refractivity contribution in [2.75, 3.05) is 29.5 Å². The number of carbonyl (C=O) groups excluding carboxylic acids is 1. The fourth-order valence-electron chi connectivity index (χ4n) is 2.53. The van der Waals surface area contributed by atoms with Gasteiger partial charge in [-0.3, -0.25) is 4.79 Å². The van der Waals surface area contributed by atoms with E-state index in [1.807, 2.05) is 35.7 Å². The van der Waals surface area contributed by atoms with Crippen molar-refractivity contribution in [2.45, 2.75) is 31.3 Å². The van der Waals surface area contributed by atoms with Gasteiger partial charge < -0.3 is 4.90 Å². The molecule has 0 spiro atoms. The summed E-state index contributed by atoms with van der Waals surface area (Å²) in [4.78, 5) is 14.2. The van der Waals surface area contributed by atoms with Crippen LogP contribution in [0.3, 0.4) is 0 Å². The van der Waals surface area contributed by atoms with Crippen molar-refractivity contribution in [1.29, 1.82) is 0 Å². The average Bonchev–Trinajstić information content (AvgIpc) is 2.96. The first-order chi connectivity index (χ1) is 11.1. The summed E-state index contributed by atoms with van der Waals surface area (Å²) in [5.74, 6) is 2.22. The topological polar surface area (TPSA) is 44.7 Å². The molecule has 0 aromatic heterocycles. The molecule has 0 aliphatic carbocycles. The van der Waals surface area contributed by atoms with Gasteiger partial charge in [-0.15, -0.1) is 23.5 Å². The lowest BCUT2D eigenvalue weighted by atomic mass is 10.2. The van der Waals surface area contributed by atoms with Crippen molar-refractivity contribution < 1.29 is 4.79 Å². The number of thioether (sulfide) groups is 2. The van der Waals surface area contributed by atoms with Gasteiger partial charge in [0.15, 0.2) is 0 Å². The number of hydrogen-bond acceptors (Lipinski definition) is 5. The minimum absolute atomic E-state index is 0.00498. The van der Waals surface area contributed by atoms with E-state index in [1.165, 1.54) is 5.69 Å². The van der Waals surface area contributed by atoms with Crippen LogP contribution in [-0.4, -0.2) is 40.8 Å². The van der Waals surface area contributed by atoms with E-state index in [0.717, 1.165) is 30.2 Å². The van der Waals surface area contributed by atoms with Crippen LogP contribution in [0.5, 0.6) is 0 Å². The molecule has 1 saturated heterocycles. The minimum Gasteiger partial charge on any atom is -0.372 e. The van der Waals surface area contributed by atoms with Crippen LogP contribution in [0.25, 0.3) is 0 Å². The van der Waals surface area contributed by atoms with E-state index in [1.54, 1.807) is 6.21 Å². The molecular formula is C17H25N3OS2. The number of nitrogens with one attached hydrogen (secondary N) is 1. The number of benzene rings is 1. The van der Waals surface area contributed by atoms with Gasteiger partial charge in [0.2, 0.25) is 5.91 Å². The Hall–Kier alpha value is -1.14. The highest BCUT2D eigenvalue weighted by Crippen LogP contribution is 2.45. The maximum atomic E-state index is 12.0. The van der Waals surface area contributed by atoms with E-state index in [4.69, 9.17) is 0 Å². The van der Waals surface area contributed by atoms with Crippen LogP contribution in [0.4, 0.5) is 5.69 Å². The number of nitrogens with zero attached hydrogens (tertiary/aromatic N) is 2. The van der Waals surface area contributed by atoms with Crippen molar-refractivity contribution in [3.63, 3.8) is 0 Å². The van der Waals surface area contributed by atoms with Crippen LogP contribution in [0.1, 0.15) is 32.8 Å². The van der Waals surface area contributed by atoms with Crippen LogP contribution in [0, 0.1) is 0 Å². The number of hydrazone groups is 1. The van der Waals surface area contributed by atoms with Crippen molar-refractivity contribution >= 4 is 41.3 Å². The molecule has 23 heavy (non-hydrogen) atoms. The maximum Gasteiger partial charge on any atom is 0.242 e. The molecule has 1 fully saturated rings. The summed E-state index contributed by atoms with van der Waals surface area (Å²) in [5, 5.41) is 4.07. The van der Waals surface area contributed by atoms with Gasteiger partial charge in [-0.1, -0.05) is 12.1 Å². The summed E-state index contributed by atoms with van der Waals surface area (Å²) in [6.45, 7) is 8.42. The van der Waals surface area contributed by atoms with E-state index in [-0.39, 0.29) is 9.99 Å². The van der Waals surface area contributed by atoms with Gasteiger partial charge in [0.25, 0.3) is 0 Å². The lowest BCUT2D eigenvalue weighted by Crippen LogP contribution is -2.26. The number of hydrogen-bond donors (Lipinski definition) is 1. The molecule has 0 saturated carbocycles. The molecule has 6 heteroatoms. The van der Waals surface area contributed by atoms with E-state index >= 15 is 0 Å². The van der Waals surface area contributed by atoms with Crippen molar-refractivity contribution in [2.24, 2.45) is 5.10 Å². The van der Waals surface area contributed by atoms with Crippen LogP contribution >= 0.6 is 23.5 Å². The highest BCUT2D eigenvalue weighted by molar-refractivity contribution is 8.21. The summed E-state index contributed by atoms with van der Waals surface area (Å²) in [6.07, 6.45) is 2.20. The highest BCUT2D eigenvalue weighted by Gasteiger charge is 2.32. The largest absolute Gasteiger partial charge is 0.372 e. The summed E-state index contributed by atoms with van der Waals surface area (Å²) < 4.78 is 0.00498. The standard InChI is InChI=1S/C17H25N3OS2/c1-4-20(5-2)15-8-6-14(7-9-15)13-18-19-16(21)12-17(3)22-10-11-23-17/h6-9,13H,4-5,10-12H2,1-3H3,(H,19,21)/b18-13-. The zero-order valence-electron chi connectivity index (χ0n) is 14.0. The van der Waals surface area contributed by atoms with Gasteiger partial charge in [0.1, 0.15) is 0 Å². The Labute approximate surface area is 147 Å². The monoisotopic (exact) mass is 351 g/mol. The molecule has 1 aromatic carbocycles. The predicted molar refractivity (Wildman–Crippen MR) is 104 cm³/mol. The lowest BCUT2D eigenvalue weighted by molar-refractivity contribution is -0.121. The third kappa shape index (κ3) is 5.46. The third-order valence-corrected chi connectivity index (χ3v) is 7.10. The van der Waals surface area contributed by atoms with Crippen molar-refractivity contribution in [1.82, 2.24) is 5.43 Å². The molecule has 1 heterocycles. The molecule has 1 aliphatic heterocycles. The molecule has 0 bridgehead atoms. The van der Waals surface area contributed by atoms with Crippen LogP contribution in [0.2, 0.25) is 0 Å². The van der Waals surface area contributed by atoms with Crippen molar-refractivity contribution in [3.05, 3.63) is 29.8 Å². The Balaban J connectivity index is 1.84. The molecule has 126 valence electrons. The summed E-state index contributed by atoms with van der Waals surface area (Å²) in [6, 6.07) is 8.21. The van der Waals surface area contributed by atoms with Gasteiger partial charge >= 0.3 is 0 Å². The molecule has 0 unspecified atom stereocenters. The SMILES string of the molecule is CCN(CC)c1ccc(/C=N\NC(=O)CC2(C)SCCS2)cc1. The third-order valence-electron chi connectivity index (χ3n) is 3.80. The van der Waals surface area contributed by atoms with Crippen LogP contribution in [-0.2, 0) is 4.79 Å². The molecule has 1 N–H and O–H groups in total. The Morgan fingerprint density at radius 2 is 1.87 bits per heavy atom. The second kappa shape index (κ2) is 8.64. The van der Waals surface area contributed by atoms with Crippen LogP contribution in [0.15, 0.2) is 29.4 Å². The molecule has 0 radical (unpaired) electrons. The first kappa shape index (κ1) is 18.2. The van der Waals surface area contributed by atoms with E-state index in [9.17, 15) is 4.79 Å². The summed E-state index contributed by atoms with van der Waals surface area (Å²) in [5.41, 5.74) is 4.83. The zero-order valence-corrected chi connectivity index (χ0v) is 15.7. The molecule has 4 nitrogen and oxygen atoms in total. The van der Waals surface area contributed by atoms with Crippen molar-refractivity contribution in [3.8, 4) is 0 Å². The smallest absolute Gasteiger partial charge is 0.242 e. The fraction of sp³-hybridized carbons (Fsp3) is 0.529. The van der Waals surface area contributed by atoms with E-state index in [0.29, 0.717) is 6.42 Å². The summed E-state index contributed by atoms with van der Waals surface area (Å²) >= 11 is 3.71. The molecule has 1 aromatic rings. The van der Waals surface area contributed by atoms with Gasteiger partial charge in [-0.25, -0.2) is 5.43 Å². The van der Waals surface area contributed by atoms with E-state index < -0.39 is 0 Å².